The maximum Gasteiger partial charge on any atom is 0.242 e. The van der Waals surface area contributed by atoms with E-state index in [4.69, 9.17) is 22.5 Å². The summed E-state index contributed by atoms with van der Waals surface area (Å²) in [6.45, 7) is 1.54. The van der Waals surface area contributed by atoms with Gasteiger partial charge in [0.05, 0.1) is 12.2 Å². The minimum Gasteiger partial charge on any atom is -0.388 e. The third kappa shape index (κ3) is 3.35. The monoisotopic (exact) mass is 313 g/mol. The number of nitrogens with two attached hydrogens (primary N) is 1. The lowest BCUT2D eigenvalue weighted by molar-refractivity contribution is 0.372. The first kappa shape index (κ1) is 14.5. The average Bonchev–Trinajstić information content (AvgIpc) is 2.82. The molecule has 0 saturated heterocycles. The van der Waals surface area contributed by atoms with Crippen LogP contribution in [0.1, 0.15) is 17.4 Å². The number of hydrogen-bond acceptors (Lipinski definition) is 7. The molecule has 2 heterocycles. The van der Waals surface area contributed by atoms with E-state index in [0.717, 1.165) is 0 Å². The fourth-order valence-corrected chi connectivity index (χ4v) is 2.38. The molecule has 0 aliphatic carbocycles. The highest BCUT2D eigenvalue weighted by Gasteiger charge is 2.16. The van der Waals surface area contributed by atoms with Crippen molar-refractivity contribution in [2.24, 2.45) is 5.73 Å². The van der Waals surface area contributed by atoms with Gasteiger partial charge in [0.25, 0.3) is 0 Å². The Hall–Kier alpha value is -1.91. The van der Waals surface area contributed by atoms with Gasteiger partial charge in [0.15, 0.2) is 5.82 Å². The summed E-state index contributed by atoms with van der Waals surface area (Å²) >= 11 is 4.74. The van der Waals surface area contributed by atoms with Crippen LogP contribution in [0, 0.1) is 6.92 Å². The van der Waals surface area contributed by atoms with Crippen LogP contribution < -0.4 is 10.5 Å². The highest BCUT2D eigenvalue weighted by atomic mass is 32.2. The molecular weight excluding hydrogens is 302 g/mol. The van der Waals surface area contributed by atoms with Gasteiger partial charge in [-0.05, 0) is 19.1 Å². The van der Waals surface area contributed by atoms with E-state index in [9.17, 15) is 8.42 Å². The van der Waals surface area contributed by atoms with E-state index in [1.165, 1.54) is 18.3 Å². The molecule has 0 saturated carbocycles. The summed E-state index contributed by atoms with van der Waals surface area (Å²) < 4.78 is 31.1. The number of pyridine rings is 1. The zero-order valence-corrected chi connectivity index (χ0v) is 12.0. The molecule has 0 atom stereocenters. The van der Waals surface area contributed by atoms with Crippen LogP contribution in [0.2, 0.25) is 0 Å². The number of aryl methyl sites for hydroxylation is 1. The van der Waals surface area contributed by atoms with Crippen molar-refractivity contribution in [1.29, 1.82) is 0 Å². The molecule has 0 fully saturated rings. The van der Waals surface area contributed by atoms with E-state index in [1.807, 2.05) is 0 Å². The average molecular weight is 313 g/mol. The summed E-state index contributed by atoms with van der Waals surface area (Å²) in [6, 6.07) is 2.80. The second kappa shape index (κ2) is 5.61. The molecule has 0 aliphatic heterocycles. The highest BCUT2D eigenvalue weighted by molar-refractivity contribution is 7.89. The molecule has 2 aromatic heterocycles. The number of thiocarbonyl (C=S) groups is 1. The van der Waals surface area contributed by atoms with Gasteiger partial charge in [-0.1, -0.05) is 17.4 Å². The van der Waals surface area contributed by atoms with Gasteiger partial charge in [-0.15, -0.1) is 0 Å². The summed E-state index contributed by atoms with van der Waals surface area (Å²) in [4.78, 5) is 7.85. The van der Waals surface area contributed by atoms with Crippen molar-refractivity contribution >= 4 is 27.2 Å². The van der Waals surface area contributed by atoms with Gasteiger partial charge in [0, 0.05) is 6.20 Å². The third-order valence-electron chi connectivity index (χ3n) is 2.28. The number of sulfonamides is 1. The van der Waals surface area contributed by atoms with Crippen LogP contribution in [-0.2, 0) is 16.6 Å². The molecule has 0 aliphatic rings. The fourth-order valence-electron chi connectivity index (χ4n) is 1.34. The molecule has 0 aromatic carbocycles. The second-order valence-electron chi connectivity index (χ2n) is 3.80. The number of nitrogens with zero attached hydrogens (tertiary/aromatic N) is 3. The molecule has 0 amide bonds. The van der Waals surface area contributed by atoms with E-state index < -0.39 is 10.0 Å². The van der Waals surface area contributed by atoms with Crippen molar-refractivity contribution in [2.45, 2.75) is 18.4 Å². The summed E-state index contributed by atoms with van der Waals surface area (Å²) in [7, 11) is -3.72. The molecule has 10 heteroatoms. The van der Waals surface area contributed by atoms with Gasteiger partial charge in [-0.25, -0.2) is 13.1 Å². The quantitative estimate of drug-likeness (QED) is 0.732. The van der Waals surface area contributed by atoms with E-state index in [2.05, 4.69) is 19.8 Å². The number of aromatic nitrogens is 3. The van der Waals surface area contributed by atoms with Gasteiger partial charge in [-0.3, -0.25) is 4.98 Å². The second-order valence-corrected chi connectivity index (χ2v) is 6.01. The largest absolute Gasteiger partial charge is 0.388 e. The van der Waals surface area contributed by atoms with Crippen molar-refractivity contribution in [1.82, 2.24) is 19.8 Å². The Labute approximate surface area is 120 Å². The predicted molar refractivity (Wildman–Crippen MR) is 73.2 cm³/mol. The van der Waals surface area contributed by atoms with Crippen LogP contribution in [0.25, 0.3) is 0 Å². The van der Waals surface area contributed by atoms with Crippen molar-refractivity contribution in [3.8, 4) is 0 Å². The van der Waals surface area contributed by atoms with E-state index in [0.29, 0.717) is 11.5 Å². The first-order chi connectivity index (χ1) is 9.38. The predicted octanol–water partition coefficient (Wildman–Crippen LogP) is -0.114. The number of nitrogens with one attached hydrogen (secondary N) is 1. The molecule has 8 nitrogen and oxygen atoms in total. The SMILES string of the molecule is Cc1noc(CNS(=O)(=O)c2ccc(C(N)=S)nc2)n1. The van der Waals surface area contributed by atoms with E-state index >= 15 is 0 Å². The standard InChI is InChI=1S/C10H11N5O3S2/c1-6-14-9(18-15-6)5-13-20(16,17)7-2-3-8(10(11)19)12-4-7/h2-4,13H,5H2,1H3,(H2,11,19). The molecule has 2 aromatic rings. The Kier molecular flexibility index (Phi) is 4.06. The van der Waals surface area contributed by atoms with Gasteiger partial charge < -0.3 is 10.3 Å². The fraction of sp³-hybridized carbons (Fsp3) is 0.200. The van der Waals surface area contributed by atoms with Gasteiger partial charge in [0.1, 0.15) is 9.88 Å². The lowest BCUT2D eigenvalue weighted by Crippen LogP contribution is -2.24. The number of rotatable bonds is 5. The van der Waals surface area contributed by atoms with Crippen LogP contribution in [0.4, 0.5) is 0 Å². The Morgan fingerprint density at radius 2 is 2.25 bits per heavy atom. The zero-order valence-electron chi connectivity index (χ0n) is 10.4. The summed E-state index contributed by atoms with van der Waals surface area (Å²) in [5.74, 6) is 0.612. The van der Waals surface area contributed by atoms with Crippen LogP contribution >= 0.6 is 12.2 Å². The number of hydrogen-bond donors (Lipinski definition) is 2. The molecular formula is C10H11N5O3S2. The Balaban J connectivity index is 2.11. The Morgan fingerprint density at radius 1 is 1.50 bits per heavy atom. The van der Waals surface area contributed by atoms with Gasteiger partial charge in [-0.2, -0.15) is 4.98 Å². The minimum absolute atomic E-state index is 0.00580. The third-order valence-corrected chi connectivity index (χ3v) is 3.88. The molecule has 20 heavy (non-hydrogen) atoms. The Bertz CT molecular complexity index is 724. The maximum absolute atomic E-state index is 12.0. The normalized spacial score (nSPS) is 11.4. The van der Waals surface area contributed by atoms with E-state index in [1.54, 1.807) is 6.92 Å². The topological polar surface area (TPSA) is 124 Å². The summed E-state index contributed by atoms with van der Waals surface area (Å²) in [6.07, 6.45) is 1.18. The first-order valence-electron chi connectivity index (χ1n) is 5.43. The molecule has 0 spiro atoms. The molecule has 2 rings (SSSR count). The van der Waals surface area contributed by atoms with E-state index in [-0.39, 0.29) is 22.3 Å². The molecule has 0 unspecified atom stereocenters. The molecule has 3 N–H and O–H groups in total. The zero-order chi connectivity index (χ0) is 14.8. The molecule has 106 valence electrons. The summed E-state index contributed by atoms with van der Waals surface area (Å²) in [5.41, 5.74) is 5.74. The van der Waals surface area contributed by atoms with Crippen molar-refractivity contribution in [2.75, 3.05) is 0 Å². The van der Waals surface area contributed by atoms with Crippen LogP contribution in [0.5, 0.6) is 0 Å². The molecule has 0 radical (unpaired) electrons. The van der Waals surface area contributed by atoms with Crippen LogP contribution in [0.15, 0.2) is 27.7 Å². The summed E-state index contributed by atoms with van der Waals surface area (Å²) in [5, 5.41) is 3.56. The van der Waals surface area contributed by atoms with Crippen molar-refractivity contribution < 1.29 is 12.9 Å². The van der Waals surface area contributed by atoms with Gasteiger partial charge >= 0.3 is 0 Å². The first-order valence-corrected chi connectivity index (χ1v) is 7.32. The van der Waals surface area contributed by atoms with Crippen molar-refractivity contribution in [3.63, 3.8) is 0 Å². The van der Waals surface area contributed by atoms with Crippen LogP contribution in [0.3, 0.4) is 0 Å². The smallest absolute Gasteiger partial charge is 0.242 e. The molecule has 0 bridgehead atoms. The van der Waals surface area contributed by atoms with Crippen LogP contribution in [-0.4, -0.2) is 28.5 Å². The lowest BCUT2D eigenvalue weighted by Gasteiger charge is -2.04. The lowest BCUT2D eigenvalue weighted by atomic mass is 10.3. The minimum atomic E-state index is -3.72. The maximum atomic E-state index is 12.0. The van der Waals surface area contributed by atoms with Crippen molar-refractivity contribution in [3.05, 3.63) is 35.7 Å². The highest BCUT2D eigenvalue weighted by Crippen LogP contribution is 2.08. The Morgan fingerprint density at radius 3 is 2.75 bits per heavy atom. The van der Waals surface area contributed by atoms with Gasteiger partial charge in [0.2, 0.25) is 15.9 Å².